The molecule has 3 heterocycles. The van der Waals surface area contributed by atoms with E-state index in [0.29, 0.717) is 24.4 Å². The Balaban J connectivity index is 1.40. The number of pyridine rings is 2. The minimum atomic E-state index is -0.283. The number of rotatable bonds is 3. The van der Waals surface area contributed by atoms with Gasteiger partial charge >= 0.3 is 0 Å². The van der Waals surface area contributed by atoms with Crippen molar-refractivity contribution in [3.8, 4) is 11.8 Å². The molecule has 4 N–H and O–H groups in total. The molecular formula is C20H16N6O. The molecule has 0 unspecified atom stereocenters. The maximum absolute atomic E-state index is 12.2. The van der Waals surface area contributed by atoms with Crippen LogP contribution in [0.2, 0.25) is 0 Å². The third-order valence-electron chi connectivity index (χ3n) is 4.06. The van der Waals surface area contributed by atoms with Gasteiger partial charge in [0.05, 0.1) is 11.1 Å². The van der Waals surface area contributed by atoms with E-state index >= 15 is 0 Å². The van der Waals surface area contributed by atoms with E-state index in [1.165, 1.54) is 0 Å². The smallest absolute Gasteiger partial charge is 0.287 e. The first-order chi connectivity index (χ1) is 13.2. The number of carbonyl (C=O) groups is 1. The van der Waals surface area contributed by atoms with Crippen molar-refractivity contribution in [3.63, 3.8) is 0 Å². The molecule has 27 heavy (non-hydrogen) atoms. The first-order valence-electron chi connectivity index (χ1n) is 8.43. The molecule has 7 nitrogen and oxygen atoms in total. The number of aromatic amines is 1. The number of nitrogens with zero attached hydrogens (tertiary/aromatic N) is 3. The third kappa shape index (κ3) is 3.41. The van der Waals surface area contributed by atoms with Crippen LogP contribution in [0.1, 0.15) is 22.6 Å². The van der Waals surface area contributed by atoms with Crippen molar-refractivity contribution in [3.05, 3.63) is 60.2 Å². The number of aromatic nitrogens is 4. The topological polar surface area (TPSA) is 110 Å². The van der Waals surface area contributed by atoms with Gasteiger partial charge in [0, 0.05) is 36.1 Å². The molecule has 0 spiro atoms. The molecule has 0 saturated carbocycles. The van der Waals surface area contributed by atoms with Gasteiger partial charge in [-0.1, -0.05) is 36.1 Å². The zero-order valence-corrected chi connectivity index (χ0v) is 14.4. The summed E-state index contributed by atoms with van der Waals surface area (Å²) >= 11 is 0. The predicted octanol–water partition coefficient (Wildman–Crippen LogP) is 2.26. The van der Waals surface area contributed by atoms with Crippen LogP contribution in [0, 0.1) is 11.8 Å². The highest BCUT2D eigenvalue weighted by Gasteiger charge is 2.10. The van der Waals surface area contributed by atoms with Crippen LogP contribution in [-0.2, 0) is 0 Å². The first kappa shape index (κ1) is 16.5. The van der Waals surface area contributed by atoms with E-state index in [1.807, 2.05) is 30.3 Å². The molecule has 132 valence electrons. The van der Waals surface area contributed by atoms with Crippen molar-refractivity contribution in [2.75, 3.05) is 12.3 Å². The number of hydrogen-bond acceptors (Lipinski definition) is 5. The number of nitrogens with two attached hydrogens (primary N) is 1. The van der Waals surface area contributed by atoms with E-state index in [0.717, 1.165) is 21.9 Å². The summed E-state index contributed by atoms with van der Waals surface area (Å²) in [6.45, 7) is 0.413. The number of hydrogen-bond donors (Lipinski definition) is 3. The zero-order chi connectivity index (χ0) is 18.6. The van der Waals surface area contributed by atoms with Crippen molar-refractivity contribution in [2.24, 2.45) is 0 Å². The van der Waals surface area contributed by atoms with E-state index < -0.39 is 0 Å². The second kappa shape index (κ2) is 7.14. The molecule has 0 radical (unpaired) electrons. The van der Waals surface area contributed by atoms with Gasteiger partial charge in [-0.05, 0) is 12.1 Å². The highest BCUT2D eigenvalue weighted by Crippen LogP contribution is 2.21. The van der Waals surface area contributed by atoms with Gasteiger partial charge in [-0.2, -0.15) is 0 Å². The van der Waals surface area contributed by atoms with Crippen molar-refractivity contribution in [1.29, 1.82) is 0 Å². The summed E-state index contributed by atoms with van der Waals surface area (Å²) < 4.78 is 0. The average Bonchev–Trinajstić information content (AvgIpc) is 3.14. The lowest BCUT2D eigenvalue weighted by Crippen LogP contribution is -2.25. The van der Waals surface area contributed by atoms with Gasteiger partial charge in [-0.25, -0.2) is 15.0 Å². The SMILES string of the molecule is Nc1ncc(C#CCCNC(=O)c2nc3ncccc3[nH]2)c2ccccc12. The van der Waals surface area contributed by atoms with Gasteiger partial charge in [0.15, 0.2) is 11.5 Å². The first-order valence-corrected chi connectivity index (χ1v) is 8.43. The number of imidazole rings is 1. The quantitative estimate of drug-likeness (QED) is 0.385. The largest absolute Gasteiger partial charge is 0.383 e. The maximum Gasteiger partial charge on any atom is 0.287 e. The molecule has 7 heteroatoms. The molecule has 4 rings (SSSR count). The van der Waals surface area contributed by atoms with Crippen LogP contribution in [0.25, 0.3) is 21.9 Å². The Morgan fingerprint density at radius 1 is 1.15 bits per heavy atom. The van der Waals surface area contributed by atoms with Crippen molar-refractivity contribution >= 4 is 33.7 Å². The normalized spacial score (nSPS) is 10.5. The Labute approximate surface area is 155 Å². The van der Waals surface area contributed by atoms with E-state index in [9.17, 15) is 4.79 Å². The molecule has 1 amide bonds. The minimum Gasteiger partial charge on any atom is -0.383 e. The fourth-order valence-electron chi connectivity index (χ4n) is 2.75. The Bertz CT molecular complexity index is 1170. The fourth-order valence-corrected chi connectivity index (χ4v) is 2.75. The standard InChI is InChI=1S/C20H16N6O/c21-17-15-8-2-1-7-14(15)13(12-24-17)6-3-4-10-23-20(27)19-25-16-9-5-11-22-18(16)26-19/h1-2,5,7-9,11-12H,4,10H2,(H2,21,24)(H,23,27)(H,22,25,26). The number of fused-ring (bicyclic) bond motifs is 2. The predicted molar refractivity (Wildman–Crippen MR) is 104 cm³/mol. The van der Waals surface area contributed by atoms with Gasteiger partial charge in [-0.15, -0.1) is 0 Å². The summed E-state index contributed by atoms with van der Waals surface area (Å²) in [5.74, 6) is 6.60. The Morgan fingerprint density at radius 2 is 2.00 bits per heavy atom. The van der Waals surface area contributed by atoms with Gasteiger partial charge in [0.2, 0.25) is 0 Å². The zero-order valence-electron chi connectivity index (χ0n) is 14.4. The summed E-state index contributed by atoms with van der Waals surface area (Å²) in [6, 6.07) is 11.4. The van der Waals surface area contributed by atoms with Crippen LogP contribution in [-0.4, -0.2) is 32.4 Å². The van der Waals surface area contributed by atoms with Crippen LogP contribution in [0.4, 0.5) is 5.82 Å². The van der Waals surface area contributed by atoms with Crippen LogP contribution in [0.5, 0.6) is 0 Å². The molecule has 1 aromatic carbocycles. The maximum atomic E-state index is 12.2. The van der Waals surface area contributed by atoms with Gasteiger partial charge < -0.3 is 16.0 Å². The monoisotopic (exact) mass is 356 g/mol. The van der Waals surface area contributed by atoms with Crippen LogP contribution < -0.4 is 11.1 Å². The third-order valence-corrected chi connectivity index (χ3v) is 4.06. The summed E-state index contributed by atoms with van der Waals surface area (Å²) in [6.07, 6.45) is 3.81. The molecular weight excluding hydrogens is 340 g/mol. The summed E-state index contributed by atoms with van der Waals surface area (Å²) in [5, 5.41) is 4.65. The molecule has 0 fully saturated rings. The van der Waals surface area contributed by atoms with Crippen LogP contribution >= 0.6 is 0 Å². The number of amides is 1. The van der Waals surface area contributed by atoms with Crippen LogP contribution in [0.15, 0.2) is 48.8 Å². The van der Waals surface area contributed by atoms with Crippen molar-refractivity contribution in [1.82, 2.24) is 25.3 Å². The highest BCUT2D eigenvalue weighted by molar-refractivity contribution is 5.95. The Kier molecular flexibility index (Phi) is 4.37. The van der Waals surface area contributed by atoms with Gasteiger partial charge in [0.1, 0.15) is 5.82 Å². The number of anilines is 1. The fraction of sp³-hybridized carbons (Fsp3) is 0.100. The molecule has 0 aliphatic heterocycles. The molecule has 4 aromatic rings. The average molecular weight is 356 g/mol. The molecule has 0 saturated heterocycles. The second-order valence-electron chi connectivity index (χ2n) is 5.87. The highest BCUT2D eigenvalue weighted by atomic mass is 16.2. The Hall–Kier alpha value is -3.92. The van der Waals surface area contributed by atoms with E-state index in [1.54, 1.807) is 18.5 Å². The summed E-state index contributed by atoms with van der Waals surface area (Å²) in [5.41, 5.74) is 7.96. The molecule has 0 bridgehead atoms. The number of nitrogen functional groups attached to an aromatic ring is 1. The molecule has 0 aliphatic rings. The van der Waals surface area contributed by atoms with Crippen molar-refractivity contribution < 1.29 is 4.79 Å². The minimum absolute atomic E-state index is 0.241. The molecule has 0 aliphatic carbocycles. The summed E-state index contributed by atoms with van der Waals surface area (Å²) in [7, 11) is 0. The molecule has 0 atom stereocenters. The number of benzene rings is 1. The van der Waals surface area contributed by atoms with Gasteiger partial charge in [0.25, 0.3) is 5.91 Å². The van der Waals surface area contributed by atoms with E-state index in [4.69, 9.17) is 5.73 Å². The molecule has 3 aromatic heterocycles. The van der Waals surface area contributed by atoms with Crippen molar-refractivity contribution in [2.45, 2.75) is 6.42 Å². The van der Waals surface area contributed by atoms with E-state index in [-0.39, 0.29) is 11.7 Å². The number of H-pyrrole nitrogens is 1. The summed E-state index contributed by atoms with van der Waals surface area (Å²) in [4.78, 5) is 27.5. The lowest BCUT2D eigenvalue weighted by molar-refractivity contribution is 0.0945. The lowest BCUT2D eigenvalue weighted by atomic mass is 10.1. The Morgan fingerprint density at radius 3 is 2.85 bits per heavy atom. The van der Waals surface area contributed by atoms with E-state index in [2.05, 4.69) is 37.1 Å². The van der Waals surface area contributed by atoms with Crippen LogP contribution in [0.3, 0.4) is 0 Å². The van der Waals surface area contributed by atoms with Gasteiger partial charge in [-0.3, -0.25) is 4.79 Å². The lowest BCUT2D eigenvalue weighted by Gasteiger charge is -2.02. The number of carbonyl (C=O) groups excluding carboxylic acids is 1. The second-order valence-corrected chi connectivity index (χ2v) is 5.87. The number of nitrogens with one attached hydrogen (secondary N) is 2.